The number of hydrogen-bond acceptors (Lipinski definition) is 3. The summed E-state index contributed by atoms with van der Waals surface area (Å²) in [5.74, 6) is 0.345. The van der Waals surface area contributed by atoms with E-state index < -0.39 is 0 Å². The highest BCUT2D eigenvalue weighted by Crippen LogP contribution is 2.12. The molecular formula is C16H35Cl2N3O. The Kier molecular flexibility index (Phi) is 16.0. The lowest BCUT2D eigenvalue weighted by Gasteiger charge is -2.32. The molecule has 0 bridgehead atoms. The van der Waals surface area contributed by atoms with E-state index in [1.165, 1.54) is 19.3 Å². The van der Waals surface area contributed by atoms with Gasteiger partial charge in [-0.25, -0.2) is 0 Å². The first kappa shape index (κ1) is 24.2. The molecule has 0 aromatic rings. The van der Waals surface area contributed by atoms with Crippen LogP contribution >= 0.6 is 24.8 Å². The van der Waals surface area contributed by atoms with Gasteiger partial charge in [0.1, 0.15) is 0 Å². The fourth-order valence-corrected chi connectivity index (χ4v) is 3.02. The summed E-state index contributed by atoms with van der Waals surface area (Å²) in [7, 11) is 1.99. The molecule has 0 radical (unpaired) electrons. The zero-order valence-electron chi connectivity index (χ0n) is 14.5. The van der Waals surface area contributed by atoms with E-state index in [1.807, 2.05) is 7.05 Å². The van der Waals surface area contributed by atoms with E-state index in [0.29, 0.717) is 18.4 Å². The molecule has 4 nitrogen and oxygen atoms in total. The zero-order chi connectivity index (χ0) is 14.8. The molecule has 134 valence electrons. The summed E-state index contributed by atoms with van der Waals surface area (Å²) >= 11 is 0. The Hall–Kier alpha value is -0.0300. The van der Waals surface area contributed by atoms with Crippen LogP contribution in [0.1, 0.15) is 52.4 Å². The Morgan fingerprint density at radius 1 is 1.18 bits per heavy atom. The number of likely N-dealkylation sites (tertiary alicyclic amines) is 1. The Balaban J connectivity index is 0. The summed E-state index contributed by atoms with van der Waals surface area (Å²) < 4.78 is 0. The van der Waals surface area contributed by atoms with E-state index in [-0.39, 0.29) is 24.8 Å². The van der Waals surface area contributed by atoms with Crippen LogP contribution in [0.15, 0.2) is 0 Å². The molecule has 0 spiro atoms. The molecule has 22 heavy (non-hydrogen) atoms. The van der Waals surface area contributed by atoms with Gasteiger partial charge >= 0.3 is 0 Å². The molecule has 1 heterocycles. The Bertz CT molecular complexity index is 274. The van der Waals surface area contributed by atoms with Gasteiger partial charge in [0, 0.05) is 25.6 Å². The minimum atomic E-state index is 0. The van der Waals surface area contributed by atoms with Gasteiger partial charge in [-0.2, -0.15) is 0 Å². The van der Waals surface area contributed by atoms with Crippen LogP contribution in [0.25, 0.3) is 0 Å². The Labute approximate surface area is 149 Å². The van der Waals surface area contributed by atoms with Crippen LogP contribution in [0.4, 0.5) is 0 Å². The van der Waals surface area contributed by atoms with Crippen LogP contribution < -0.4 is 5.32 Å². The average molecular weight is 356 g/mol. The van der Waals surface area contributed by atoms with Gasteiger partial charge in [0.15, 0.2) is 0 Å². The van der Waals surface area contributed by atoms with Crippen LogP contribution in [0, 0.1) is 0 Å². The third-order valence-corrected chi connectivity index (χ3v) is 4.13. The summed E-state index contributed by atoms with van der Waals surface area (Å²) in [5, 5.41) is 3.29. The molecule has 1 aliphatic rings. The van der Waals surface area contributed by atoms with E-state index in [0.717, 1.165) is 45.6 Å². The Morgan fingerprint density at radius 2 is 1.82 bits per heavy atom. The summed E-state index contributed by atoms with van der Waals surface area (Å²) in [6, 6.07) is 0.490. The number of hydrogen-bond donors (Lipinski definition) is 1. The third kappa shape index (κ3) is 9.19. The lowest BCUT2D eigenvalue weighted by atomic mass is 10.1. The molecule has 1 unspecified atom stereocenters. The van der Waals surface area contributed by atoms with Crippen molar-refractivity contribution >= 4 is 30.7 Å². The topological polar surface area (TPSA) is 35.6 Å². The molecule has 0 saturated carbocycles. The van der Waals surface area contributed by atoms with Crippen molar-refractivity contribution in [2.24, 2.45) is 0 Å². The molecule has 1 rings (SSSR count). The van der Waals surface area contributed by atoms with Gasteiger partial charge in [0.25, 0.3) is 0 Å². The number of rotatable bonds is 9. The van der Waals surface area contributed by atoms with Crippen LogP contribution in [-0.4, -0.2) is 61.5 Å². The number of amides is 1. The minimum Gasteiger partial charge on any atom is -0.341 e. The number of carbonyl (C=O) groups is 1. The minimum absolute atomic E-state index is 0. The summed E-state index contributed by atoms with van der Waals surface area (Å²) in [5.41, 5.74) is 0. The molecule has 0 aromatic carbocycles. The molecular weight excluding hydrogens is 321 g/mol. The number of nitrogens with zero attached hydrogens (tertiary/aromatic N) is 2. The molecule has 0 aliphatic carbocycles. The van der Waals surface area contributed by atoms with Gasteiger partial charge in [-0.3, -0.25) is 4.79 Å². The van der Waals surface area contributed by atoms with Crippen LogP contribution in [0.3, 0.4) is 0 Å². The standard InChI is InChI=1S/C16H33N3O.2ClH/c1-4-10-18(11-5-2)12-7-9-16(20)19-13-6-8-15(14-19)17-3;;/h15,17H,4-14H2,1-3H3;2*1H. The normalized spacial score (nSPS) is 17.8. The van der Waals surface area contributed by atoms with E-state index in [2.05, 4.69) is 29.0 Å². The number of carbonyl (C=O) groups excluding carboxylic acids is 1. The average Bonchev–Trinajstić information content (AvgIpc) is 2.47. The third-order valence-electron chi connectivity index (χ3n) is 4.13. The fourth-order valence-electron chi connectivity index (χ4n) is 3.02. The highest BCUT2D eigenvalue weighted by Gasteiger charge is 2.22. The molecule has 1 atom stereocenters. The molecule has 1 saturated heterocycles. The molecule has 1 fully saturated rings. The number of likely N-dealkylation sites (N-methyl/N-ethyl adjacent to an activating group) is 1. The molecule has 6 heteroatoms. The number of piperidine rings is 1. The smallest absolute Gasteiger partial charge is 0.222 e. The predicted octanol–water partition coefficient (Wildman–Crippen LogP) is 2.94. The highest BCUT2D eigenvalue weighted by atomic mass is 35.5. The van der Waals surface area contributed by atoms with Crippen molar-refractivity contribution in [3.63, 3.8) is 0 Å². The lowest BCUT2D eigenvalue weighted by Crippen LogP contribution is -2.47. The molecule has 1 aliphatic heterocycles. The van der Waals surface area contributed by atoms with Crippen molar-refractivity contribution in [2.45, 2.75) is 58.4 Å². The number of nitrogens with one attached hydrogen (secondary N) is 1. The quantitative estimate of drug-likeness (QED) is 0.690. The first-order valence-corrected chi connectivity index (χ1v) is 8.38. The van der Waals surface area contributed by atoms with Gasteiger partial charge in [0.05, 0.1) is 0 Å². The second-order valence-electron chi connectivity index (χ2n) is 5.91. The van der Waals surface area contributed by atoms with Crippen molar-refractivity contribution in [2.75, 3.05) is 39.8 Å². The monoisotopic (exact) mass is 355 g/mol. The van der Waals surface area contributed by atoms with E-state index >= 15 is 0 Å². The first-order chi connectivity index (χ1) is 9.71. The molecule has 1 amide bonds. The SMILES string of the molecule is CCCN(CCC)CCCC(=O)N1CCCC(NC)C1.Cl.Cl. The maximum atomic E-state index is 12.2. The fraction of sp³-hybridized carbons (Fsp3) is 0.938. The van der Waals surface area contributed by atoms with Crippen molar-refractivity contribution in [3.05, 3.63) is 0 Å². The Morgan fingerprint density at radius 3 is 2.36 bits per heavy atom. The van der Waals surface area contributed by atoms with Gasteiger partial charge in [-0.1, -0.05) is 13.8 Å². The molecule has 1 N–H and O–H groups in total. The van der Waals surface area contributed by atoms with Crippen molar-refractivity contribution in [3.8, 4) is 0 Å². The van der Waals surface area contributed by atoms with Crippen molar-refractivity contribution in [1.29, 1.82) is 0 Å². The van der Waals surface area contributed by atoms with Crippen molar-refractivity contribution in [1.82, 2.24) is 15.1 Å². The number of halogens is 2. The van der Waals surface area contributed by atoms with Crippen molar-refractivity contribution < 1.29 is 4.79 Å². The first-order valence-electron chi connectivity index (χ1n) is 8.38. The van der Waals surface area contributed by atoms with Gasteiger partial charge in [-0.05, 0) is 58.8 Å². The zero-order valence-corrected chi connectivity index (χ0v) is 16.1. The predicted molar refractivity (Wildman–Crippen MR) is 99.4 cm³/mol. The maximum Gasteiger partial charge on any atom is 0.222 e. The van der Waals surface area contributed by atoms with Gasteiger partial charge in [-0.15, -0.1) is 24.8 Å². The van der Waals surface area contributed by atoms with E-state index in [9.17, 15) is 4.79 Å². The van der Waals surface area contributed by atoms with Gasteiger partial charge in [0.2, 0.25) is 5.91 Å². The summed E-state index contributed by atoms with van der Waals surface area (Å²) in [4.78, 5) is 16.8. The van der Waals surface area contributed by atoms with Crippen LogP contribution in [0.2, 0.25) is 0 Å². The van der Waals surface area contributed by atoms with E-state index in [4.69, 9.17) is 0 Å². The van der Waals surface area contributed by atoms with Crippen LogP contribution in [0.5, 0.6) is 0 Å². The van der Waals surface area contributed by atoms with Gasteiger partial charge < -0.3 is 15.1 Å². The largest absolute Gasteiger partial charge is 0.341 e. The lowest BCUT2D eigenvalue weighted by molar-refractivity contribution is -0.132. The summed E-state index contributed by atoms with van der Waals surface area (Å²) in [6.45, 7) is 9.67. The molecule has 0 aromatic heterocycles. The second-order valence-corrected chi connectivity index (χ2v) is 5.91. The highest BCUT2D eigenvalue weighted by molar-refractivity contribution is 5.85. The maximum absolute atomic E-state index is 12.2. The second kappa shape index (κ2) is 14.6. The van der Waals surface area contributed by atoms with Crippen LogP contribution in [-0.2, 0) is 4.79 Å². The van der Waals surface area contributed by atoms with E-state index in [1.54, 1.807) is 0 Å². The summed E-state index contributed by atoms with van der Waals surface area (Å²) in [6.07, 6.45) is 6.43.